The zero-order chi connectivity index (χ0) is 14.0. The number of benzene rings is 1. The first-order valence-electron chi connectivity index (χ1n) is 5.72. The van der Waals surface area contributed by atoms with Crippen LogP contribution in [0.1, 0.15) is 22.2 Å². The van der Waals surface area contributed by atoms with E-state index in [4.69, 9.17) is 11.6 Å². The summed E-state index contributed by atoms with van der Waals surface area (Å²) >= 11 is 11.3. The summed E-state index contributed by atoms with van der Waals surface area (Å²) in [5.41, 5.74) is 1.57. The number of carbonyl (C=O) groups excluding carboxylic acids is 1. The van der Waals surface area contributed by atoms with E-state index in [1.807, 2.05) is 19.2 Å². The zero-order valence-electron chi connectivity index (χ0n) is 10.6. The Morgan fingerprint density at radius 2 is 2.16 bits per heavy atom. The highest BCUT2D eigenvalue weighted by atomic mass is 79.9. The molecule has 0 radical (unpaired) electrons. The van der Waals surface area contributed by atoms with Crippen LogP contribution >= 0.6 is 38.9 Å². The Bertz CT molecular complexity index is 611. The number of Topliss-reactive ketones (excluding diaryl/α,β-unsaturated/α-hetero) is 1. The van der Waals surface area contributed by atoms with Gasteiger partial charge in [-0.05, 0) is 47.1 Å². The van der Waals surface area contributed by atoms with E-state index in [2.05, 4.69) is 32.3 Å². The molecule has 0 fully saturated rings. The van der Waals surface area contributed by atoms with Crippen molar-refractivity contribution < 1.29 is 4.79 Å². The van der Waals surface area contributed by atoms with Gasteiger partial charge in [-0.3, -0.25) is 4.79 Å². The van der Waals surface area contributed by atoms with Crippen molar-refractivity contribution in [3.05, 3.63) is 49.6 Å². The van der Waals surface area contributed by atoms with Crippen molar-refractivity contribution in [1.29, 1.82) is 0 Å². The van der Waals surface area contributed by atoms with Gasteiger partial charge < -0.3 is 4.90 Å². The lowest BCUT2D eigenvalue weighted by molar-refractivity contribution is 0.101. The number of hydrogen-bond donors (Lipinski definition) is 0. The summed E-state index contributed by atoms with van der Waals surface area (Å²) in [6.07, 6.45) is 0. The Labute approximate surface area is 130 Å². The van der Waals surface area contributed by atoms with Gasteiger partial charge in [0.2, 0.25) is 0 Å². The van der Waals surface area contributed by atoms with Crippen LogP contribution in [-0.4, -0.2) is 12.8 Å². The predicted molar refractivity (Wildman–Crippen MR) is 85.6 cm³/mol. The Morgan fingerprint density at radius 1 is 1.42 bits per heavy atom. The van der Waals surface area contributed by atoms with Crippen molar-refractivity contribution in [2.24, 2.45) is 0 Å². The standard InChI is InChI=1S/C14H13BrClNOS/c1-9(18)13-4-3-11(6-14(13)16)17(2)7-12-5-10(15)8-19-12/h3-6,8H,7H2,1-2H3. The highest BCUT2D eigenvalue weighted by Gasteiger charge is 2.09. The number of halogens is 2. The minimum absolute atomic E-state index is 0.0126. The molecule has 19 heavy (non-hydrogen) atoms. The van der Waals surface area contributed by atoms with Gasteiger partial charge in [-0.1, -0.05) is 11.6 Å². The van der Waals surface area contributed by atoms with Crippen molar-refractivity contribution in [3.63, 3.8) is 0 Å². The molecule has 100 valence electrons. The fourth-order valence-electron chi connectivity index (χ4n) is 1.79. The first kappa shape index (κ1) is 14.6. The second kappa shape index (κ2) is 6.07. The minimum Gasteiger partial charge on any atom is -0.369 e. The normalized spacial score (nSPS) is 10.5. The average molecular weight is 359 g/mol. The van der Waals surface area contributed by atoms with E-state index in [0.29, 0.717) is 10.6 Å². The molecule has 0 saturated carbocycles. The van der Waals surface area contributed by atoms with Gasteiger partial charge in [0.05, 0.1) is 11.6 Å². The van der Waals surface area contributed by atoms with Gasteiger partial charge in [0.25, 0.3) is 0 Å². The maximum absolute atomic E-state index is 11.3. The maximum atomic E-state index is 11.3. The lowest BCUT2D eigenvalue weighted by Crippen LogP contribution is -2.15. The number of thiophene rings is 1. The van der Waals surface area contributed by atoms with Crippen LogP contribution in [0.2, 0.25) is 5.02 Å². The van der Waals surface area contributed by atoms with Crippen LogP contribution in [0, 0.1) is 0 Å². The van der Waals surface area contributed by atoms with E-state index in [0.717, 1.165) is 16.7 Å². The zero-order valence-corrected chi connectivity index (χ0v) is 13.8. The molecule has 2 nitrogen and oxygen atoms in total. The van der Waals surface area contributed by atoms with Gasteiger partial charge in [-0.2, -0.15) is 0 Å². The molecular formula is C14H13BrClNOS. The molecule has 2 aromatic rings. The highest BCUT2D eigenvalue weighted by Crippen LogP contribution is 2.26. The van der Waals surface area contributed by atoms with E-state index in [-0.39, 0.29) is 5.78 Å². The van der Waals surface area contributed by atoms with Crippen LogP contribution in [0.25, 0.3) is 0 Å². The number of ketones is 1. The molecule has 1 aromatic heterocycles. The third kappa shape index (κ3) is 3.59. The van der Waals surface area contributed by atoms with Crippen LogP contribution < -0.4 is 4.90 Å². The van der Waals surface area contributed by atoms with E-state index in [1.54, 1.807) is 17.4 Å². The summed E-state index contributed by atoms with van der Waals surface area (Å²) in [5, 5.41) is 2.57. The fraction of sp³-hybridized carbons (Fsp3) is 0.214. The van der Waals surface area contributed by atoms with Crippen LogP contribution in [0.5, 0.6) is 0 Å². The average Bonchev–Trinajstić information content (AvgIpc) is 2.74. The van der Waals surface area contributed by atoms with Crippen LogP contribution in [0.3, 0.4) is 0 Å². The summed E-state index contributed by atoms with van der Waals surface area (Å²) in [7, 11) is 2.01. The first-order chi connectivity index (χ1) is 8.97. The smallest absolute Gasteiger partial charge is 0.161 e. The number of hydrogen-bond acceptors (Lipinski definition) is 3. The van der Waals surface area contributed by atoms with Gasteiger partial charge in [-0.25, -0.2) is 0 Å². The molecule has 0 spiro atoms. The lowest BCUT2D eigenvalue weighted by atomic mass is 10.1. The van der Waals surface area contributed by atoms with Gasteiger partial charge in [0.1, 0.15) is 0 Å². The molecule has 0 aliphatic rings. The van der Waals surface area contributed by atoms with E-state index in [1.165, 1.54) is 11.8 Å². The number of anilines is 1. The molecule has 0 aliphatic carbocycles. The summed E-state index contributed by atoms with van der Waals surface area (Å²) in [6.45, 7) is 2.33. The predicted octanol–water partition coefficient (Wildman–Crippen LogP) is 5.00. The first-order valence-corrected chi connectivity index (χ1v) is 7.77. The SMILES string of the molecule is CC(=O)c1ccc(N(C)Cc2cc(Br)cs2)cc1Cl. The number of rotatable bonds is 4. The molecule has 1 aromatic carbocycles. The molecule has 2 rings (SSSR count). The summed E-state index contributed by atoms with van der Waals surface area (Å²) in [6, 6.07) is 7.64. The van der Waals surface area contributed by atoms with Crippen molar-refractivity contribution in [1.82, 2.24) is 0 Å². The van der Waals surface area contributed by atoms with E-state index < -0.39 is 0 Å². The Hall–Kier alpha value is -0.840. The number of carbonyl (C=O) groups is 1. The third-order valence-electron chi connectivity index (χ3n) is 2.79. The van der Waals surface area contributed by atoms with Crippen molar-refractivity contribution in [2.45, 2.75) is 13.5 Å². The fourth-order valence-corrected chi connectivity index (χ4v) is 3.60. The van der Waals surface area contributed by atoms with Crippen LogP contribution in [0.4, 0.5) is 5.69 Å². The summed E-state index contributed by atoms with van der Waals surface area (Å²) in [4.78, 5) is 14.7. The summed E-state index contributed by atoms with van der Waals surface area (Å²) in [5.74, 6) is -0.0126. The van der Waals surface area contributed by atoms with Gasteiger partial charge in [0.15, 0.2) is 5.78 Å². The molecule has 0 aliphatic heterocycles. The lowest BCUT2D eigenvalue weighted by Gasteiger charge is -2.19. The minimum atomic E-state index is -0.0126. The number of nitrogens with zero attached hydrogens (tertiary/aromatic N) is 1. The van der Waals surface area contributed by atoms with Crippen molar-refractivity contribution in [3.8, 4) is 0 Å². The van der Waals surface area contributed by atoms with Crippen LogP contribution in [-0.2, 0) is 6.54 Å². The van der Waals surface area contributed by atoms with Crippen molar-refractivity contribution >= 4 is 50.3 Å². The van der Waals surface area contributed by atoms with Crippen LogP contribution in [0.15, 0.2) is 34.1 Å². The highest BCUT2D eigenvalue weighted by molar-refractivity contribution is 9.10. The Kier molecular flexibility index (Phi) is 4.66. The largest absolute Gasteiger partial charge is 0.369 e. The van der Waals surface area contributed by atoms with E-state index in [9.17, 15) is 4.79 Å². The van der Waals surface area contributed by atoms with E-state index >= 15 is 0 Å². The third-order valence-corrected chi connectivity index (χ3v) is 4.78. The second-order valence-electron chi connectivity index (χ2n) is 4.31. The molecule has 1 heterocycles. The molecule has 0 N–H and O–H groups in total. The molecular weight excluding hydrogens is 346 g/mol. The molecule has 5 heteroatoms. The molecule has 0 atom stereocenters. The van der Waals surface area contributed by atoms with Gasteiger partial charge >= 0.3 is 0 Å². The monoisotopic (exact) mass is 357 g/mol. The quantitative estimate of drug-likeness (QED) is 0.717. The molecule has 0 saturated heterocycles. The van der Waals surface area contributed by atoms with Gasteiger partial charge in [-0.15, -0.1) is 11.3 Å². The summed E-state index contributed by atoms with van der Waals surface area (Å²) < 4.78 is 1.10. The molecule has 0 bridgehead atoms. The Balaban J connectivity index is 2.17. The Morgan fingerprint density at radius 3 is 2.68 bits per heavy atom. The maximum Gasteiger partial charge on any atom is 0.161 e. The molecule has 0 amide bonds. The van der Waals surface area contributed by atoms with Crippen molar-refractivity contribution in [2.75, 3.05) is 11.9 Å². The second-order valence-corrected chi connectivity index (χ2v) is 6.63. The molecule has 0 unspecified atom stereocenters. The topological polar surface area (TPSA) is 20.3 Å². The van der Waals surface area contributed by atoms with Gasteiger partial charge in [0, 0.05) is 33.0 Å².